The Morgan fingerprint density at radius 2 is 1.35 bits per heavy atom. The number of carbonyl (C=O) groups excluding carboxylic acids is 1. The number of hydrogen-bond donors (Lipinski definition) is 1. The van der Waals surface area contributed by atoms with Gasteiger partial charge in [0.15, 0.2) is 0 Å². The molecule has 26 heavy (non-hydrogen) atoms. The van der Waals surface area contributed by atoms with Gasteiger partial charge in [-0.05, 0) is 12.0 Å². The quantitative estimate of drug-likeness (QED) is 0.329. The van der Waals surface area contributed by atoms with E-state index >= 15 is 0 Å². The average molecular weight is 369 g/mol. The summed E-state index contributed by atoms with van der Waals surface area (Å²) in [4.78, 5) is 11.6. The largest absolute Gasteiger partial charge is 0.461 e. The lowest BCUT2D eigenvalue weighted by Crippen LogP contribution is -2.13. The molecule has 1 aromatic carbocycles. The number of carbonyl (C=O) groups is 1. The molecule has 0 bridgehead atoms. The third-order valence-electron chi connectivity index (χ3n) is 3.28. The second-order valence-electron chi connectivity index (χ2n) is 5.49. The molecular weight excluding hydrogens is 338 g/mol. The van der Waals surface area contributed by atoms with Crippen molar-refractivity contribution in [1.29, 1.82) is 0 Å². The Morgan fingerprint density at radius 1 is 0.769 bits per heavy atom. The normalized spacial score (nSPS) is 10.8. The summed E-state index contributed by atoms with van der Waals surface area (Å²) in [5, 5.41) is 0. The molecule has 0 saturated carbocycles. The molecule has 7 nitrogen and oxygen atoms in total. The SMILES string of the molecule is NCCOCCOCCCOCCOCCC(=O)OCc1ccccc1. The maximum Gasteiger partial charge on any atom is 0.308 e. The molecule has 0 atom stereocenters. The molecule has 0 saturated heterocycles. The fourth-order valence-corrected chi connectivity index (χ4v) is 1.96. The van der Waals surface area contributed by atoms with Gasteiger partial charge in [0.25, 0.3) is 0 Å². The standard InChI is InChI=1S/C19H31NO6/c20-8-12-25-16-14-23-10-4-9-22-13-15-24-11-7-19(21)26-17-18-5-2-1-3-6-18/h1-3,5-6H,4,7-17,20H2. The van der Waals surface area contributed by atoms with Crippen molar-refractivity contribution >= 4 is 5.97 Å². The lowest BCUT2D eigenvalue weighted by Gasteiger charge is -2.07. The van der Waals surface area contributed by atoms with Crippen molar-refractivity contribution in [2.45, 2.75) is 19.4 Å². The highest BCUT2D eigenvalue weighted by molar-refractivity contribution is 5.69. The van der Waals surface area contributed by atoms with Gasteiger partial charge in [0.1, 0.15) is 6.61 Å². The first-order valence-electron chi connectivity index (χ1n) is 9.03. The van der Waals surface area contributed by atoms with Crippen LogP contribution in [0.4, 0.5) is 0 Å². The smallest absolute Gasteiger partial charge is 0.308 e. The topological polar surface area (TPSA) is 89.2 Å². The van der Waals surface area contributed by atoms with E-state index in [-0.39, 0.29) is 12.4 Å². The fraction of sp³-hybridized carbons (Fsp3) is 0.632. The Kier molecular flexibility index (Phi) is 14.7. The van der Waals surface area contributed by atoms with Crippen LogP contribution < -0.4 is 5.73 Å². The van der Waals surface area contributed by atoms with Crippen molar-refractivity contribution < 1.29 is 28.5 Å². The number of ether oxygens (including phenoxy) is 5. The van der Waals surface area contributed by atoms with E-state index in [1.807, 2.05) is 30.3 Å². The third kappa shape index (κ3) is 13.7. The van der Waals surface area contributed by atoms with Gasteiger partial charge in [0, 0.05) is 19.8 Å². The maximum atomic E-state index is 11.6. The molecule has 0 amide bonds. The zero-order valence-corrected chi connectivity index (χ0v) is 15.4. The fourth-order valence-electron chi connectivity index (χ4n) is 1.96. The van der Waals surface area contributed by atoms with Crippen LogP contribution in [0.15, 0.2) is 30.3 Å². The van der Waals surface area contributed by atoms with Crippen molar-refractivity contribution in [3.8, 4) is 0 Å². The summed E-state index contributed by atoms with van der Waals surface area (Å²) in [5.74, 6) is -0.262. The van der Waals surface area contributed by atoms with Crippen LogP contribution in [0.5, 0.6) is 0 Å². The molecule has 0 unspecified atom stereocenters. The molecule has 0 fully saturated rings. The zero-order chi connectivity index (χ0) is 18.7. The van der Waals surface area contributed by atoms with Crippen LogP contribution in [0.1, 0.15) is 18.4 Å². The van der Waals surface area contributed by atoms with Gasteiger partial charge in [-0.1, -0.05) is 30.3 Å². The molecule has 0 aliphatic carbocycles. The van der Waals surface area contributed by atoms with Crippen LogP contribution in [0, 0.1) is 0 Å². The van der Waals surface area contributed by atoms with E-state index in [4.69, 9.17) is 29.4 Å². The van der Waals surface area contributed by atoms with Crippen LogP contribution in [0.25, 0.3) is 0 Å². The minimum atomic E-state index is -0.262. The van der Waals surface area contributed by atoms with Crippen LogP contribution in [0.3, 0.4) is 0 Å². The highest BCUT2D eigenvalue weighted by Gasteiger charge is 2.03. The first kappa shape index (κ1) is 22.5. The molecule has 0 radical (unpaired) electrons. The van der Waals surface area contributed by atoms with Gasteiger partial charge in [-0.3, -0.25) is 4.79 Å². The molecule has 0 aromatic heterocycles. The van der Waals surface area contributed by atoms with Crippen molar-refractivity contribution in [3.05, 3.63) is 35.9 Å². The number of rotatable bonds is 17. The minimum Gasteiger partial charge on any atom is -0.461 e. The van der Waals surface area contributed by atoms with E-state index < -0.39 is 0 Å². The molecule has 0 aliphatic rings. The Hall–Kier alpha value is -1.51. The lowest BCUT2D eigenvalue weighted by atomic mass is 10.2. The number of esters is 1. The minimum absolute atomic E-state index is 0.243. The Labute approximate surface area is 155 Å². The summed E-state index contributed by atoms with van der Waals surface area (Å²) < 4.78 is 26.5. The lowest BCUT2D eigenvalue weighted by molar-refractivity contribution is -0.146. The monoisotopic (exact) mass is 369 g/mol. The molecule has 1 aromatic rings. The molecule has 2 N–H and O–H groups in total. The Balaban J connectivity index is 1.78. The molecule has 148 valence electrons. The molecule has 1 rings (SSSR count). The van der Waals surface area contributed by atoms with Crippen molar-refractivity contribution in [1.82, 2.24) is 0 Å². The highest BCUT2D eigenvalue weighted by Crippen LogP contribution is 2.01. The van der Waals surface area contributed by atoms with Gasteiger partial charge in [-0.2, -0.15) is 0 Å². The van der Waals surface area contributed by atoms with E-state index in [2.05, 4.69) is 0 Å². The van der Waals surface area contributed by atoms with Gasteiger partial charge in [-0.15, -0.1) is 0 Å². The van der Waals surface area contributed by atoms with E-state index in [1.54, 1.807) is 0 Å². The molecule has 7 heteroatoms. The summed E-state index contributed by atoms with van der Waals surface area (Å²) in [6, 6.07) is 9.59. The first-order chi connectivity index (χ1) is 12.8. The van der Waals surface area contributed by atoms with Crippen LogP contribution in [-0.2, 0) is 35.1 Å². The molecule has 0 spiro atoms. The third-order valence-corrected chi connectivity index (χ3v) is 3.28. The van der Waals surface area contributed by atoms with E-state index in [9.17, 15) is 4.79 Å². The second-order valence-corrected chi connectivity index (χ2v) is 5.49. The van der Waals surface area contributed by atoms with E-state index in [0.29, 0.717) is 66.0 Å². The number of nitrogens with two attached hydrogens (primary N) is 1. The van der Waals surface area contributed by atoms with E-state index in [0.717, 1.165) is 12.0 Å². The number of hydrogen-bond acceptors (Lipinski definition) is 7. The second kappa shape index (κ2) is 16.9. The summed E-state index contributed by atoms with van der Waals surface area (Å²) in [7, 11) is 0. The number of benzene rings is 1. The Morgan fingerprint density at radius 3 is 1.96 bits per heavy atom. The maximum absolute atomic E-state index is 11.6. The van der Waals surface area contributed by atoms with Gasteiger partial charge < -0.3 is 29.4 Å². The van der Waals surface area contributed by atoms with Crippen molar-refractivity contribution in [2.75, 3.05) is 59.4 Å². The van der Waals surface area contributed by atoms with Gasteiger partial charge in [0.05, 0.1) is 46.1 Å². The molecular formula is C19H31NO6. The van der Waals surface area contributed by atoms with Gasteiger partial charge in [-0.25, -0.2) is 0 Å². The summed E-state index contributed by atoms with van der Waals surface area (Å²) in [5.41, 5.74) is 6.28. The van der Waals surface area contributed by atoms with Crippen LogP contribution in [-0.4, -0.2) is 65.4 Å². The summed E-state index contributed by atoms with van der Waals surface area (Å²) >= 11 is 0. The Bertz CT molecular complexity index is 443. The van der Waals surface area contributed by atoms with Gasteiger partial charge >= 0.3 is 5.97 Å². The predicted molar refractivity (Wildman–Crippen MR) is 97.8 cm³/mol. The zero-order valence-electron chi connectivity index (χ0n) is 15.4. The molecule has 0 heterocycles. The van der Waals surface area contributed by atoms with Crippen LogP contribution >= 0.6 is 0 Å². The average Bonchev–Trinajstić information content (AvgIpc) is 2.67. The highest BCUT2D eigenvalue weighted by atomic mass is 16.5. The van der Waals surface area contributed by atoms with Crippen LogP contribution in [0.2, 0.25) is 0 Å². The predicted octanol–water partition coefficient (Wildman–Crippen LogP) is 1.54. The summed E-state index contributed by atoms with van der Waals surface area (Å²) in [6.07, 6.45) is 1.07. The van der Waals surface area contributed by atoms with Gasteiger partial charge in [0.2, 0.25) is 0 Å². The molecule has 0 aliphatic heterocycles. The van der Waals surface area contributed by atoms with Crippen molar-refractivity contribution in [3.63, 3.8) is 0 Å². The van der Waals surface area contributed by atoms with Crippen molar-refractivity contribution in [2.24, 2.45) is 5.73 Å². The summed E-state index contributed by atoms with van der Waals surface area (Å²) in [6.45, 7) is 5.09. The van der Waals surface area contributed by atoms with E-state index in [1.165, 1.54) is 0 Å². The first-order valence-corrected chi connectivity index (χ1v) is 9.03.